The maximum Gasteiger partial charge on any atom is 0.333 e. The van der Waals surface area contributed by atoms with Crippen LogP contribution in [-0.4, -0.2) is 43.6 Å². The van der Waals surface area contributed by atoms with Gasteiger partial charge in [0.25, 0.3) is 5.56 Å². The third-order valence-corrected chi connectivity index (χ3v) is 4.52. The minimum absolute atomic E-state index is 0.269. The lowest BCUT2D eigenvalue weighted by molar-refractivity contribution is -0.129. The number of carbonyl (C=O) groups excluding carboxylic acids is 1. The van der Waals surface area contributed by atoms with Gasteiger partial charge in [-0.3, -0.25) is 14.2 Å². The summed E-state index contributed by atoms with van der Waals surface area (Å²) < 4.78 is 4.23. The second-order valence-electron chi connectivity index (χ2n) is 7.50. The molecule has 0 spiro atoms. The van der Waals surface area contributed by atoms with Crippen molar-refractivity contribution in [2.24, 2.45) is 5.92 Å². The standard InChI is InChI=1S/C20H25N5O3/c1-14(2)10-23-13-21-18-17(23)19(27)25(12-16(26)22(3)4)20(28)24(18)11-15-8-6-5-7-9-15/h5-9,13-14H,10-12H2,1-4H3. The molecular weight excluding hydrogens is 358 g/mol. The Balaban J connectivity index is 2.25. The Labute approximate surface area is 162 Å². The SMILES string of the molecule is CC(C)Cn1cnc2c1c(=O)n(CC(=O)N(C)C)c(=O)n2Cc1ccccc1. The quantitative estimate of drug-likeness (QED) is 0.639. The average Bonchev–Trinajstić information content (AvgIpc) is 3.05. The number of fused-ring (bicyclic) bond motifs is 1. The minimum Gasteiger partial charge on any atom is -0.347 e. The van der Waals surface area contributed by atoms with Crippen molar-refractivity contribution in [2.45, 2.75) is 33.5 Å². The molecular formula is C20H25N5O3. The number of rotatable bonds is 6. The molecule has 0 aliphatic carbocycles. The zero-order chi connectivity index (χ0) is 20.4. The van der Waals surface area contributed by atoms with Crippen LogP contribution in [0.3, 0.4) is 0 Å². The molecule has 28 heavy (non-hydrogen) atoms. The molecule has 2 heterocycles. The fourth-order valence-corrected chi connectivity index (χ4v) is 3.10. The first-order valence-corrected chi connectivity index (χ1v) is 9.22. The predicted octanol–water partition coefficient (Wildman–Crippen LogP) is 1.15. The summed E-state index contributed by atoms with van der Waals surface area (Å²) in [5.74, 6) is -0.0251. The van der Waals surface area contributed by atoms with Gasteiger partial charge in [0, 0.05) is 20.6 Å². The maximum atomic E-state index is 13.1. The molecule has 148 valence electrons. The number of carbonyl (C=O) groups is 1. The van der Waals surface area contributed by atoms with E-state index in [1.165, 1.54) is 9.47 Å². The lowest BCUT2D eigenvalue weighted by Gasteiger charge is -2.15. The van der Waals surface area contributed by atoms with Gasteiger partial charge in [-0.2, -0.15) is 0 Å². The molecule has 0 radical (unpaired) electrons. The van der Waals surface area contributed by atoms with E-state index in [4.69, 9.17) is 0 Å². The number of benzene rings is 1. The topological polar surface area (TPSA) is 82.1 Å². The van der Waals surface area contributed by atoms with Crippen LogP contribution in [0.15, 0.2) is 46.2 Å². The van der Waals surface area contributed by atoms with Gasteiger partial charge in [0.2, 0.25) is 5.91 Å². The Morgan fingerprint density at radius 2 is 1.79 bits per heavy atom. The largest absolute Gasteiger partial charge is 0.347 e. The normalized spacial score (nSPS) is 11.3. The van der Waals surface area contributed by atoms with Gasteiger partial charge in [-0.25, -0.2) is 14.3 Å². The molecule has 3 rings (SSSR count). The highest BCUT2D eigenvalue weighted by Crippen LogP contribution is 2.11. The highest BCUT2D eigenvalue weighted by atomic mass is 16.2. The van der Waals surface area contributed by atoms with Crippen LogP contribution >= 0.6 is 0 Å². The second kappa shape index (κ2) is 7.84. The average molecular weight is 383 g/mol. The summed E-state index contributed by atoms with van der Waals surface area (Å²) >= 11 is 0. The summed E-state index contributed by atoms with van der Waals surface area (Å²) in [7, 11) is 3.19. The van der Waals surface area contributed by atoms with Gasteiger partial charge < -0.3 is 9.47 Å². The first-order chi connectivity index (χ1) is 13.3. The number of hydrogen-bond acceptors (Lipinski definition) is 4. The molecule has 0 atom stereocenters. The van der Waals surface area contributed by atoms with E-state index in [-0.39, 0.29) is 19.0 Å². The fraction of sp³-hybridized carbons (Fsp3) is 0.400. The van der Waals surface area contributed by atoms with Crippen molar-refractivity contribution >= 4 is 17.1 Å². The van der Waals surface area contributed by atoms with Gasteiger partial charge in [-0.15, -0.1) is 0 Å². The van der Waals surface area contributed by atoms with E-state index in [0.717, 1.165) is 10.1 Å². The van der Waals surface area contributed by atoms with Crippen LogP contribution < -0.4 is 11.2 Å². The van der Waals surface area contributed by atoms with Gasteiger partial charge in [0.1, 0.15) is 6.54 Å². The van der Waals surface area contributed by atoms with Crippen molar-refractivity contribution in [3.05, 3.63) is 63.1 Å². The van der Waals surface area contributed by atoms with Gasteiger partial charge in [0.15, 0.2) is 11.2 Å². The maximum absolute atomic E-state index is 13.1. The van der Waals surface area contributed by atoms with Crippen molar-refractivity contribution < 1.29 is 4.79 Å². The molecule has 0 aliphatic heterocycles. The lowest BCUT2D eigenvalue weighted by atomic mass is 10.2. The number of nitrogens with zero attached hydrogens (tertiary/aromatic N) is 5. The molecule has 2 aromatic heterocycles. The number of aromatic nitrogens is 4. The molecule has 0 unspecified atom stereocenters. The van der Waals surface area contributed by atoms with Gasteiger partial charge >= 0.3 is 5.69 Å². The summed E-state index contributed by atoms with van der Waals surface area (Å²) in [5, 5.41) is 0. The zero-order valence-electron chi connectivity index (χ0n) is 16.6. The van der Waals surface area contributed by atoms with Crippen LogP contribution in [-0.2, 0) is 24.4 Å². The van der Waals surface area contributed by atoms with E-state index in [9.17, 15) is 14.4 Å². The van der Waals surface area contributed by atoms with Crippen LogP contribution in [0.1, 0.15) is 19.4 Å². The molecule has 8 nitrogen and oxygen atoms in total. The lowest BCUT2D eigenvalue weighted by Crippen LogP contribution is -2.44. The summed E-state index contributed by atoms with van der Waals surface area (Å²) in [4.78, 5) is 44.1. The zero-order valence-corrected chi connectivity index (χ0v) is 16.6. The van der Waals surface area contributed by atoms with E-state index in [1.807, 2.05) is 44.2 Å². The fourth-order valence-electron chi connectivity index (χ4n) is 3.10. The highest BCUT2D eigenvalue weighted by molar-refractivity contribution is 5.76. The molecule has 0 saturated carbocycles. The van der Waals surface area contributed by atoms with E-state index < -0.39 is 11.2 Å². The van der Waals surface area contributed by atoms with E-state index in [1.54, 1.807) is 25.0 Å². The monoisotopic (exact) mass is 383 g/mol. The first kappa shape index (κ1) is 19.6. The summed E-state index contributed by atoms with van der Waals surface area (Å²) in [5.41, 5.74) is 0.571. The van der Waals surface area contributed by atoms with Crippen molar-refractivity contribution in [1.29, 1.82) is 0 Å². The second-order valence-corrected chi connectivity index (χ2v) is 7.50. The Morgan fingerprint density at radius 3 is 2.39 bits per heavy atom. The van der Waals surface area contributed by atoms with Crippen molar-refractivity contribution in [2.75, 3.05) is 14.1 Å². The third-order valence-electron chi connectivity index (χ3n) is 4.52. The van der Waals surface area contributed by atoms with Gasteiger partial charge in [-0.1, -0.05) is 44.2 Å². The van der Waals surface area contributed by atoms with Crippen molar-refractivity contribution in [3.63, 3.8) is 0 Å². The third kappa shape index (κ3) is 3.76. The summed E-state index contributed by atoms with van der Waals surface area (Å²) in [6.45, 7) is 4.64. The van der Waals surface area contributed by atoms with Crippen LogP contribution in [0.2, 0.25) is 0 Å². The van der Waals surface area contributed by atoms with Crippen LogP contribution in [0.4, 0.5) is 0 Å². The molecule has 8 heteroatoms. The van der Waals surface area contributed by atoms with Gasteiger partial charge in [-0.05, 0) is 11.5 Å². The number of amides is 1. The molecule has 1 aromatic carbocycles. The Morgan fingerprint density at radius 1 is 1.11 bits per heavy atom. The molecule has 0 saturated heterocycles. The molecule has 1 amide bonds. The van der Waals surface area contributed by atoms with Crippen LogP contribution in [0, 0.1) is 5.92 Å². The van der Waals surface area contributed by atoms with Crippen molar-refractivity contribution in [1.82, 2.24) is 23.6 Å². The molecule has 0 aliphatic rings. The molecule has 3 aromatic rings. The van der Waals surface area contributed by atoms with E-state index >= 15 is 0 Å². The van der Waals surface area contributed by atoms with E-state index in [0.29, 0.717) is 23.6 Å². The number of likely N-dealkylation sites (N-methyl/N-ethyl adjacent to an activating group) is 1. The molecule has 0 bridgehead atoms. The first-order valence-electron chi connectivity index (χ1n) is 9.22. The number of hydrogen-bond donors (Lipinski definition) is 0. The van der Waals surface area contributed by atoms with Crippen LogP contribution in [0.5, 0.6) is 0 Å². The highest BCUT2D eigenvalue weighted by Gasteiger charge is 2.20. The Kier molecular flexibility index (Phi) is 5.48. The molecule has 0 fully saturated rings. The predicted molar refractivity (Wildman–Crippen MR) is 107 cm³/mol. The summed E-state index contributed by atoms with van der Waals surface area (Å²) in [6.07, 6.45) is 1.59. The molecule has 0 N–H and O–H groups in total. The van der Waals surface area contributed by atoms with Crippen LogP contribution in [0.25, 0.3) is 11.2 Å². The van der Waals surface area contributed by atoms with E-state index in [2.05, 4.69) is 4.98 Å². The Hall–Kier alpha value is -3.16. The van der Waals surface area contributed by atoms with Crippen molar-refractivity contribution in [3.8, 4) is 0 Å². The minimum atomic E-state index is -0.536. The number of imidazole rings is 1. The van der Waals surface area contributed by atoms with Gasteiger partial charge in [0.05, 0.1) is 12.9 Å². The smallest absolute Gasteiger partial charge is 0.333 e. The summed E-state index contributed by atoms with van der Waals surface area (Å²) in [6, 6.07) is 9.49. The Bertz CT molecular complexity index is 1110.